The van der Waals surface area contributed by atoms with E-state index >= 15 is 0 Å². The van der Waals surface area contributed by atoms with Gasteiger partial charge in [-0.3, -0.25) is 0 Å². The summed E-state index contributed by atoms with van der Waals surface area (Å²) < 4.78 is 0. The zero-order valence-electron chi connectivity index (χ0n) is 6.99. The molecule has 0 aromatic carbocycles. The smallest absolute Gasteiger partial charge is 0.165 e. The number of imidazole rings is 1. The van der Waals surface area contributed by atoms with Crippen molar-refractivity contribution in [2.75, 3.05) is 11.5 Å². The third kappa shape index (κ3) is 4.07. The van der Waals surface area contributed by atoms with E-state index in [0.717, 1.165) is 16.7 Å². The topological polar surface area (TPSA) is 28.7 Å². The van der Waals surface area contributed by atoms with E-state index in [1.165, 1.54) is 19.3 Å². The maximum atomic E-state index is 4.16. The maximum absolute atomic E-state index is 4.16. The van der Waals surface area contributed by atoms with Crippen LogP contribution in [0.4, 0.5) is 0 Å². The molecule has 0 aliphatic heterocycles. The summed E-state index contributed by atoms with van der Waals surface area (Å²) in [6.07, 6.45) is 7.40. The predicted molar refractivity (Wildman–Crippen MR) is 57.0 cm³/mol. The van der Waals surface area contributed by atoms with Gasteiger partial charge in [-0.05, 0) is 18.6 Å². The van der Waals surface area contributed by atoms with E-state index in [9.17, 15) is 0 Å². The number of aromatic amines is 1. The Balaban J connectivity index is 1.96. The Kier molecular flexibility index (Phi) is 5.35. The van der Waals surface area contributed by atoms with Crippen LogP contribution in [0, 0.1) is 0 Å². The highest BCUT2D eigenvalue weighted by Gasteiger charge is 1.94. The molecular formula is C8H14N2S2. The number of nitrogens with one attached hydrogen (secondary N) is 1. The Morgan fingerprint density at radius 1 is 1.42 bits per heavy atom. The van der Waals surface area contributed by atoms with E-state index < -0.39 is 0 Å². The molecule has 4 heteroatoms. The average Bonchev–Trinajstić information content (AvgIpc) is 2.57. The standard InChI is InChI=1S/C8H14N2S2/c11-6-2-1-3-7-12-8-9-4-5-10-8/h4-5,11H,1-3,6-7H2,(H,9,10). The van der Waals surface area contributed by atoms with E-state index in [0.29, 0.717) is 0 Å². The minimum Gasteiger partial charge on any atom is -0.340 e. The van der Waals surface area contributed by atoms with Crippen LogP contribution < -0.4 is 0 Å². The van der Waals surface area contributed by atoms with Crippen LogP contribution in [-0.2, 0) is 0 Å². The molecule has 1 N–H and O–H groups in total. The first-order valence-electron chi connectivity index (χ1n) is 4.16. The van der Waals surface area contributed by atoms with Crippen LogP contribution in [0.3, 0.4) is 0 Å². The minimum atomic E-state index is 1.01. The van der Waals surface area contributed by atoms with Crippen LogP contribution in [0.1, 0.15) is 19.3 Å². The van der Waals surface area contributed by atoms with Crippen LogP contribution >= 0.6 is 24.4 Å². The van der Waals surface area contributed by atoms with E-state index in [1.807, 2.05) is 6.20 Å². The number of aromatic nitrogens is 2. The van der Waals surface area contributed by atoms with Crippen LogP contribution in [0.25, 0.3) is 0 Å². The normalized spacial score (nSPS) is 10.4. The summed E-state index contributed by atoms with van der Waals surface area (Å²) >= 11 is 5.94. The zero-order valence-corrected chi connectivity index (χ0v) is 8.70. The van der Waals surface area contributed by atoms with Gasteiger partial charge in [0.1, 0.15) is 0 Å². The minimum absolute atomic E-state index is 1.01. The van der Waals surface area contributed by atoms with Gasteiger partial charge in [-0.2, -0.15) is 12.6 Å². The Morgan fingerprint density at radius 2 is 2.33 bits per heavy atom. The molecule has 12 heavy (non-hydrogen) atoms. The quantitative estimate of drug-likeness (QED) is 0.422. The van der Waals surface area contributed by atoms with Crippen LogP contribution in [0.15, 0.2) is 17.6 Å². The lowest BCUT2D eigenvalue weighted by molar-refractivity contribution is 0.786. The van der Waals surface area contributed by atoms with Crippen LogP contribution in [-0.4, -0.2) is 21.5 Å². The molecule has 0 fully saturated rings. The van der Waals surface area contributed by atoms with Gasteiger partial charge >= 0.3 is 0 Å². The summed E-state index contributed by atoms with van der Waals surface area (Å²) in [5, 5.41) is 1.03. The second-order valence-electron chi connectivity index (χ2n) is 2.53. The summed E-state index contributed by atoms with van der Waals surface area (Å²) in [7, 11) is 0. The molecule has 1 heterocycles. The molecule has 0 saturated carbocycles. The Morgan fingerprint density at radius 3 is 3.00 bits per heavy atom. The lowest BCUT2D eigenvalue weighted by Gasteiger charge is -1.96. The highest BCUT2D eigenvalue weighted by molar-refractivity contribution is 7.99. The molecule has 1 rings (SSSR count). The lowest BCUT2D eigenvalue weighted by Crippen LogP contribution is -1.83. The Labute approximate surface area is 83.0 Å². The fourth-order valence-corrected chi connectivity index (χ4v) is 1.94. The Bertz CT molecular complexity index is 187. The van der Waals surface area contributed by atoms with Crippen LogP contribution in [0.5, 0.6) is 0 Å². The van der Waals surface area contributed by atoms with E-state index in [-0.39, 0.29) is 0 Å². The van der Waals surface area contributed by atoms with Crippen molar-refractivity contribution < 1.29 is 0 Å². The van der Waals surface area contributed by atoms with Crippen molar-refractivity contribution in [2.45, 2.75) is 24.4 Å². The summed E-state index contributed by atoms with van der Waals surface area (Å²) in [5.74, 6) is 2.16. The monoisotopic (exact) mass is 202 g/mol. The number of unbranched alkanes of at least 4 members (excludes halogenated alkanes) is 2. The zero-order chi connectivity index (χ0) is 8.65. The third-order valence-corrected chi connectivity index (χ3v) is 2.82. The highest BCUT2D eigenvalue weighted by Crippen LogP contribution is 2.14. The Hall–Kier alpha value is -0.0900. The average molecular weight is 202 g/mol. The second-order valence-corrected chi connectivity index (χ2v) is 4.06. The van der Waals surface area contributed by atoms with Crippen molar-refractivity contribution in [3.63, 3.8) is 0 Å². The molecule has 1 aromatic rings. The van der Waals surface area contributed by atoms with Gasteiger partial charge in [-0.25, -0.2) is 4.98 Å². The summed E-state index contributed by atoms with van der Waals surface area (Å²) in [6, 6.07) is 0. The molecule has 0 spiro atoms. The molecule has 0 radical (unpaired) electrons. The van der Waals surface area contributed by atoms with E-state index in [1.54, 1.807) is 18.0 Å². The molecule has 0 aliphatic rings. The first kappa shape index (κ1) is 9.99. The molecule has 0 bridgehead atoms. The second kappa shape index (κ2) is 6.43. The predicted octanol–water partition coefficient (Wildman–Crippen LogP) is 2.60. The SMILES string of the molecule is SCCCCCSc1ncc[nH]1. The molecule has 1 aromatic heterocycles. The van der Waals surface area contributed by atoms with Crippen LogP contribution in [0.2, 0.25) is 0 Å². The van der Waals surface area contributed by atoms with Crippen molar-refractivity contribution in [1.29, 1.82) is 0 Å². The van der Waals surface area contributed by atoms with Gasteiger partial charge in [-0.1, -0.05) is 18.2 Å². The molecule has 68 valence electrons. The number of nitrogens with zero attached hydrogens (tertiary/aromatic N) is 1. The van der Waals surface area contributed by atoms with Crippen molar-refractivity contribution in [2.24, 2.45) is 0 Å². The van der Waals surface area contributed by atoms with Gasteiger partial charge < -0.3 is 4.98 Å². The van der Waals surface area contributed by atoms with E-state index in [2.05, 4.69) is 22.6 Å². The van der Waals surface area contributed by atoms with E-state index in [4.69, 9.17) is 0 Å². The summed E-state index contributed by atoms with van der Waals surface area (Å²) in [6.45, 7) is 0. The summed E-state index contributed by atoms with van der Waals surface area (Å²) in [5.41, 5.74) is 0. The van der Waals surface area contributed by atoms with Gasteiger partial charge in [0.2, 0.25) is 0 Å². The van der Waals surface area contributed by atoms with Gasteiger partial charge in [0.25, 0.3) is 0 Å². The largest absolute Gasteiger partial charge is 0.340 e. The maximum Gasteiger partial charge on any atom is 0.165 e. The van der Waals surface area contributed by atoms with Crippen molar-refractivity contribution in [3.05, 3.63) is 12.4 Å². The molecule has 0 amide bonds. The lowest BCUT2D eigenvalue weighted by atomic mass is 10.3. The molecule has 0 saturated heterocycles. The number of thiol groups is 1. The molecule has 0 atom stereocenters. The number of rotatable bonds is 6. The fourth-order valence-electron chi connectivity index (χ4n) is 0.889. The van der Waals surface area contributed by atoms with Crippen molar-refractivity contribution >= 4 is 24.4 Å². The molecule has 2 nitrogen and oxygen atoms in total. The number of hydrogen-bond donors (Lipinski definition) is 2. The van der Waals surface area contributed by atoms with Gasteiger partial charge in [-0.15, -0.1) is 0 Å². The summed E-state index contributed by atoms with van der Waals surface area (Å²) in [4.78, 5) is 7.19. The first-order valence-corrected chi connectivity index (χ1v) is 5.78. The van der Waals surface area contributed by atoms with Gasteiger partial charge in [0, 0.05) is 18.1 Å². The number of H-pyrrole nitrogens is 1. The number of thioether (sulfide) groups is 1. The van der Waals surface area contributed by atoms with Crippen molar-refractivity contribution in [1.82, 2.24) is 9.97 Å². The van der Waals surface area contributed by atoms with Crippen molar-refractivity contribution in [3.8, 4) is 0 Å². The fraction of sp³-hybridized carbons (Fsp3) is 0.625. The molecule has 0 aliphatic carbocycles. The first-order chi connectivity index (χ1) is 5.93. The molecular weight excluding hydrogens is 188 g/mol. The van der Waals surface area contributed by atoms with Gasteiger partial charge in [0.05, 0.1) is 0 Å². The molecule has 0 unspecified atom stereocenters. The number of hydrogen-bond acceptors (Lipinski definition) is 3. The van der Waals surface area contributed by atoms with Gasteiger partial charge in [0.15, 0.2) is 5.16 Å². The third-order valence-electron chi connectivity index (χ3n) is 1.51. The highest BCUT2D eigenvalue weighted by atomic mass is 32.2.